The number of rotatable bonds is 2. The van der Waals surface area contributed by atoms with Crippen LogP contribution in [-0.4, -0.2) is 9.55 Å². The van der Waals surface area contributed by atoms with Gasteiger partial charge in [-0.1, -0.05) is 41.9 Å². The molecule has 0 fully saturated rings. The standard InChI is InChI=1S/C14H11ClN2/c15-12-6-7-13-14(8-12)17(10-16-13)9-11-4-2-1-3-5-11/h1-8,10H,9H2. The van der Waals surface area contributed by atoms with Crippen LogP contribution in [0.5, 0.6) is 0 Å². The largest absolute Gasteiger partial charge is 0.326 e. The molecule has 2 aromatic carbocycles. The number of halogens is 1. The normalized spacial score (nSPS) is 10.9. The Morgan fingerprint density at radius 2 is 1.88 bits per heavy atom. The van der Waals surface area contributed by atoms with E-state index in [1.54, 1.807) is 0 Å². The van der Waals surface area contributed by atoms with E-state index in [0.717, 1.165) is 22.6 Å². The molecule has 0 aliphatic heterocycles. The fourth-order valence-electron chi connectivity index (χ4n) is 1.94. The van der Waals surface area contributed by atoms with Crippen molar-refractivity contribution in [3.05, 3.63) is 65.4 Å². The van der Waals surface area contributed by atoms with Crippen molar-refractivity contribution in [3.63, 3.8) is 0 Å². The maximum absolute atomic E-state index is 6.01. The maximum Gasteiger partial charge on any atom is 0.0961 e. The van der Waals surface area contributed by atoms with Crippen LogP contribution in [-0.2, 0) is 6.54 Å². The smallest absolute Gasteiger partial charge is 0.0961 e. The van der Waals surface area contributed by atoms with E-state index < -0.39 is 0 Å². The van der Waals surface area contributed by atoms with Crippen molar-refractivity contribution in [2.45, 2.75) is 6.54 Å². The van der Waals surface area contributed by atoms with Crippen LogP contribution in [0.1, 0.15) is 5.56 Å². The van der Waals surface area contributed by atoms with E-state index in [-0.39, 0.29) is 0 Å². The molecule has 17 heavy (non-hydrogen) atoms. The molecule has 3 rings (SSSR count). The lowest BCUT2D eigenvalue weighted by atomic mass is 10.2. The fraction of sp³-hybridized carbons (Fsp3) is 0.0714. The molecule has 0 aliphatic carbocycles. The average Bonchev–Trinajstić information content (AvgIpc) is 2.73. The number of fused-ring (bicyclic) bond motifs is 1. The summed E-state index contributed by atoms with van der Waals surface area (Å²) < 4.78 is 2.11. The van der Waals surface area contributed by atoms with Crippen molar-refractivity contribution in [1.82, 2.24) is 9.55 Å². The summed E-state index contributed by atoms with van der Waals surface area (Å²) in [5.41, 5.74) is 3.30. The zero-order valence-electron chi connectivity index (χ0n) is 9.18. The van der Waals surface area contributed by atoms with E-state index in [4.69, 9.17) is 11.6 Å². The van der Waals surface area contributed by atoms with Crippen LogP contribution in [0.4, 0.5) is 0 Å². The molecule has 0 spiro atoms. The highest BCUT2D eigenvalue weighted by Gasteiger charge is 2.03. The molecule has 0 radical (unpaired) electrons. The molecule has 0 N–H and O–H groups in total. The van der Waals surface area contributed by atoms with Gasteiger partial charge in [0.05, 0.1) is 17.4 Å². The molecular formula is C14H11ClN2. The van der Waals surface area contributed by atoms with Crippen LogP contribution in [0.2, 0.25) is 5.02 Å². The molecule has 3 aromatic rings. The molecule has 3 heteroatoms. The molecule has 1 aromatic heterocycles. The van der Waals surface area contributed by atoms with Gasteiger partial charge in [0, 0.05) is 11.6 Å². The van der Waals surface area contributed by atoms with Crippen LogP contribution in [0.25, 0.3) is 11.0 Å². The minimum Gasteiger partial charge on any atom is -0.326 e. The van der Waals surface area contributed by atoms with Crippen LogP contribution in [0.3, 0.4) is 0 Å². The molecule has 0 amide bonds. The van der Waals surface area contributed by atoms with E-state index >= 15 is 0 Å². The molecule has 0 bridgehead atoms. The first-order valence-electron chi connectivity index (χ1n) is 5.47. The van der Waals surface area contributed by atoms with Gasteiger partial charge < -0.3 is 4.57 Å². The van der Waals surface area contributed by atoms with Crippen LogP contribution < -0.4 is 0 Å². The highest BCUT2D eigenvalue weighted by Crippen LogP contribution is 2.19. The van der Waals surface area contributed by atoms with Gasteiger partial charge in [0.2, 0.25) is 0 Å². The first kappa shape index (κ1) is 10.4. The van der Waals surface area contributed by atoms with E-state index in [0.29, 0.717) is 0 Å². The van der Waals surface area contributed by atoms with Gasteiger partial charge in [0.1, 0.15) is 0 Å². The van der Waals surface area contributed by atoms with Crippen molar-refractivity contribution in [2.75, 3.05) is 0 Å². The number of aromatic nitrogens is 2. The Bertz CT molecular complexity index is 644. The zero-order chi connectivity index (χ0) is 11.7. The molecule has 2 nitrogen and oxygen atoms in total. The van der Waals surface area contributed by atoms with E-state index in [1.807, 2.05) is 42.7 Å². The van der Waals surface area contributed by atoms with Gasteiger partial charge in [0.15, 0.2) is 0 Å². The van der Waals surface area contributed by atoms with Gasteiger partial charge in [-0.05, 0) is 23.8 Å². The number of imidazole rings is 1. The molecule has 0 saturated carbocycles. The Hall–Kier alpha value is -1.80. The molecule has 0 aliphatic rings. The first-order valence-corrected chi connectivity index (χ1v) is 5.85. The number of hydrogen-bond donors (Lipinski definition) is 0. The lowest BCUT2D eigenvalue weighted by Crippen LogP contribution is -1.97. The molecule has 84 valence electrons. The molecule has 1 heterocycles. The SMILES string of the molecule is Clc1ccc2ncn(Cc3ccccc3)c2c1. The predicted octanol–water partition coefficient (Wildman–Crippen LogP) is 3.74. The fourth-order valence-corrected chi connectivity index (χ4v) is 2.10. The van der Waals surface area contributed by atoms with Gasteiger partial charge in [-0.15, -0.1) is 0 Å². The van der Waals surface area contributed by atoms with Crippen molar-refractivity contribution in [2.24, 2.45) is 0 Å². The van der Waals surface area contributed by atoms with Crippen molar-refractivity contribution < 1.29 is 0 Å². The van der Waals surface area contributed by atoms with Gasteiger partial charge in [-0.25, -0.2) is 4.98 Å². The summed E-state index contributed by atoms with van der Waals surface area (Å²) >= 11 is 6.01. The van der Waals surface area contributed by atoms with Gasteiger partial charge in [-0.3, -0.25) is 0 Å². The third-order valence-corrected chi connectivity index (χ3v) is 3.01. The average molecular weight is 243 g/mol. The number of nitrogens with zero attached hydrogens (tertiary/aromatic N) is 2. The molecular weight excluding hydrogens is 232 g/mol. The van der Waals surface area contributed by atoms with Crippen LogP contribution in [0.15, 0.2) is 54.9 Å². The topological polar surface area (TPSA) is 17.8 Å². The van der Waals surface area contributed by atoms with Crippen molar-refractivity contribution >= 4 is 22.6 Å². The second-order valence-corrected chi connectivity index (χ2v) is 4.43. The molecule has 0 saturated heterocycles. The third-order valence-electron chi connectivity index (χ3n) is 2.78. The first-order chi connectivity index (χ1) is 8.33. The summed E-state index contributed by atoms with van der Waals surface area (Å²) in [7, 11) is 0. The lowest BCUT2D eigenvalue weighted by molar-refractivity contribution is 0.824. The molecule has 0 atom stereocenters. The summed E-state index contributed by atoms with van der Waals surface area (Å²) in [6, 6.07) is 16.1. The molecule has 0 unspecified atom stereocenters. The quantitative estimate of drug-likeness (QED) is 0.669. The summed E-state index contributed by atoms with van der Waals surface area (Å²) in [4.78, 5) is 4.36. The number of hydrogen-bond acceptors (Lipinski definition) is 1. The summed E-state index contributed by atoms with van der Waals surface area (Å²) in [6.07, 6.45) is 1.86. The van der Waals surface area contributed by atoms with Gasteiger partial charge in [-0.2, -0.15) is 0 Å². The minimum absolute atomic E-state index is 0.743. The summed E-state index contributed by atoms with van der Waals surface area (Å²) in [6.45, 7) is 0.817. The maximum atomic E-state index is 6.01. The summed E-state index contributed by atoms with van der Waals surface area (Å²) in [5, 5.41) is 0.743. The van der Waals surface area contributed by atoms with Crippen molar-refractivity contribution in [3.8, 4) is 0 Å². The zero-order valence-corrected chi connectivity index (χ0v) is 9.93. The van der Waals surface area contributed by atoms with E-state index in [1.165, 1.54) is 5.56 Å². The summed E-state index contributed by atoms with van der Waals surface area (Å²) in [5.74, 6) is 0. The van der Waals surface area contributed by atoms with Gasteiger partial charge >= 0.3 is 0 Å². The minimum atomic E-state index is 0.743. The Morgan fingerprint density at radius 1 is 1.06 bits per heavy atom. The van der Waals surface area contributed by atoms with Crippen LogP contribution in [0, 0.1) is 0 Å². The predicted molar refractivity (Wildman–Crippen MR) is 70.3 cm³/mol. The van der Waals surface area contributed by atoms with Crippen molar-refractivity contribution in [1.29, 1.82) is 0 Å². The van der Waals surface area contributed by atoms with E-state index in [2.05, 4.69) is 21.7 Å². The van der Waals surface area contributed by atoms with Gasteiger partial charge in [0.25, 0.3) is 0 Å². The second-order valence-electron chi connectivity index (χ2n) is 3.99. The Balaban J connectivity index is 2.03. The highest BCUT2D eigenvalue weighted by molar-refractivity contribution is 6.31. The van der Waals surface area contributed by atoms with E-state index in [9.17, 15) is 0 Å². The number of benzene rings is 2. The highest BCUT2D eigenvalue weighted by atomic mass is 35.5. The van der Waals surface area contributed by atoms with Crippen LogP contribution >= 0.6 is 11.6 Å². The monoisotopic (exact) mass is 242 g/mol. The Morgan fingerprint density at radius 3 is 2.71 bits per heavy atom. The second kappa shape index (κ2) is 4.22. The lowest BCUT2D eigenvalue weighted by Gasteiger charge is -2.04. The Kier molecular flexibility index (Phi) is 2.57. The Labute approximate surface area is 104 Å². The third kappa shape index (κ3) is 2.04.